The highest BCUT2D eigenvalue weighted by atomic mass is 32.2. The molecule has 6 nitrogen and oxygen atoms in total. The molecule has 1 atom stereocenters. The predicted octanol–water partition coefficient (Wildman–Crippen LogP) is 2.51. The minimum atomic E-state index is -4.70. The minimum absolute atomic E-state index is 0.213. The molecule has 4 N–H and O–H groups in total. The van der Waals surface area contributed by atoms with E-state index in [0.717, 1.165) is 21.7 Å². The molecule has 0 amide bonds. The highest BCUT2D eigenvalue weighted by Gasteiger charge is 2.47. The lowest BCUT2D eigenvalue weighted by atomic mass is 9.99. The number of hydrogen-bond acceptors (Lipinski definition) is 6. The standard InChI is InChI=1S/C18H17F3N4O2S2/c1-17(10-29(26,27)25(2)16(23)24-17)15-13(18(19,20)21)9-14(28-15)12-5-3-4-11(8-12)6-7-22/h3-5,8-9H,10,22H2,1-2H3,(H2,23,24)/t17-/m0/s1. The molecule has 0 bridgehead atoms. The van der Waals surface area contributed by atoms with Gasteiger partial charge in [0, 0.05) is 28.4 Å². The maximum atomic E-state index is 13.8. The first-order valence-electron chi connectivity index (χ1n) is 8.23. The lowest BCUT2D eigenvalue weighted by Crippen LogP contribution is -2.50. The van der Waals surface area contributed by atoms with Crippen molar-refractivity contribution >= 4 is 27.3 Å². The molecule has 1 aliphatic heterocycles. The fourth-order valence-electron chi connectivity index (χ4n) is 3.04. The van der Waals surface area contributed by atoms with Crippen LogP contribution in [0.15, 0.2) is 35.3 Å². The van der Waals surface area contributed by atoms with Gasteiger partial charge in [-0.2, -0.15) is 13.2 Å². The summed E-state index contributed by atoms with van der Waals surface area (Å²) in [4.78, 5) is 4.19. The molecular weight excluding hydrogens is 425 g/mol. The van der Waals surface area contributed by atoms with Gasteiger partial charge >= 0.3 is 6.18 Å². The van der Waals surface area contributed by atoms with E-state index in [1.54, 1.807) is 24.3 Å². The van der Waals surface area contributed by atoms with Crippen LogP contribution in [0.5, 0.6) is 0 Å². The molecule has 0 fully saturated rings. The third-order valence-corrected chi connectivity index (χ3v) is 7.84. The van der Waals surface area contributed by atoms with Crippen LogP contribution >= 0.6 is 11.3 Å². The van der Waals surface area contributed by atoms with Gasteiger partial charge in [0.05, 0.1) is 11.3 Å². The van der Waals surface area contributed by atoms with Crippen molar-refractivity contribution in [2.45, 2.75) is 18.6 Å². The Kier molecular flexibility index (Phi) is 5.04. The summed E-state index contributed by atoms with van der Waals surface area (Å²) in [6.07, 6.45) is -4.70. The fraction of sp³-hybridized carbons (Fsp3) is 0.278. The summed E-state index contributed by atoms with van der Waals surface area (Å²) in [6, 6.07) is 9.83. The van der Waals surface area contributed by atoms with Gasteiger partial charge in [-0.25, -0.2) is 17.7 Å². The Morgan fingerprint density at radius 1 is 1.31 bits per heavy atom. The molecule has 2 aromatic rings. The smallest absolute Gasteiger partial charge is 0.369 e. The fourth-order valence-corrected chi connectivity index (χ4v) is 5.84. The SMILES string of the molecule is CN1C(N)=N[C@](C)(c2sc(-c3cccc(C#CN)c3)cc2C(F)(F)F)CS1(=O)=O. The number of nitrogens with zero attached hydrogens (tertiary/aromatic N) is 2. The Labute approximate surface area is 170 Å². The van der Waals surface area contributed by atoms with Crippen molar-refractivity contribution in [2.24, 2.45) is 16.5 Å². The van der Waals surface area contributed by atoms with Crippen LogP contribution in [-0.4, -0.2) is 31.5 Å². The van der Waals surface area contributed by atoms with Crippen molar-refractivity contribution in [2.75, 3.05) is 12.8 Å². The van der Waals surface area contributed by atoms with Gasteiger partial charge in [-0.3, -0.25) is 0 Å². The number of rotatable bonds is 2. The number of hydrogen-bond donors (Lipinski definition) is 2. The second-order valence-corrected chi connectivity index (χ2v) is 9.72. The Bertz CT molecular complexity index is 1160. The van der Waals surface area contributed by atoms with Gasteiger partial charge in [-0.1, -0.05) is 12.1 Å². The highest BCUT2D eigenvalue weighted by Crippen LogP contribution is 2.47. The Morgan fingerprint density at radius 2 is 2.00 bits per heavy atom. The Balaban J connectivity index is 2.22. The number of guanidine groups is 1. The zero-order valence-corrected chi connectivity index (χ0v) is 17.0. The monoisotopic (exact) mass is 442 g/mol. The number of thiophene rings is 1. The van der Waals surface area contributed by atoms with E-state index < -0.39 is 33.1 Å². The second-order valence-electron chi connectivity index (χ2n) is 6.67. The molecule has 2 heterocycles. The maximum absolute atomic E-state index is 13.8. The van der Waals surface area contributed by atoms with E-state index in [1.165, 1.54) is 14.0 Å². The van der Waals surface area contributed by atoms with Crippen LogP contribution in [0.4, 0.5) is 13.2 Å². The number of benzene rings is 1. The van der Waals surface area contributed by atoms with Gasteiger partial charge in [0.15, 0.2) is 0 Å². The molecule has 154 valence electrons. The predicted molar refractivity (Wildman–Crippen MR) is 106 cm³/mol. The largest absolute Gasteiger partial charge is 0.417 e. The number of nitrogens with two attached hydrogens (primary N) is 2. The molecule has 1 aromatic carbocycles. The van der Waals surface area contributed by atoms with E-state index in [4.69, 9.17) is 11.5 Å². The summed E-state index contributed by atoms with van der Waals surface area (Å²) < 4.78 is 67.0. The van der Waals surface area contributed by atoms with Gasteiger partial charge in [0.25, 0.3) is 0 Å². The molecule has 0 unspecified atom stereocenters. The molecule has 0 saturated carbocycles. The molecule has 29 heavy (non-hydrogen) atoms. The summed E-state index contributed by atoms with van der Waals surface area (Å²) in [5.41, 5.74) is 9.34. The highest BCUT2D eigenvalue weighted by molar-refractivity contribution is 7.89. The quantitative estimate of drug-likeness (QED) is 0.551. The Morgan fingerprint density at radius 3 is 2.59 bits per heavy atom. The lowest BCUT2D eigenvalue weighted by molar-refractivity contribution is -0.138. The van der Waals surface area contributed by atoms with Crippen LogP contribution in [0, 0.1) is 12.0 Å². The van der Waals surface area contributed by atoms with E-state index in [0.29, 0.717) is 16.0 Å². The molecule has 0 aliphatic carbocycles. The first kappa shape index (κ1) is 21.0. The number of sulfonamides is 1. The van der Waals surface area contributed by atoms with Crippen molar-refractivity contribution in [1.82, 2.24) is 4.31 Å². The lowest BCUT2D eigenvalue weighted by Gasteiger charge is -2.34. The van der Waals surface area contributed by atoms with Gasteiger partial charge in [-0.15, -0.1) is 11.3 Å². The molecule has 11 heteroatoms. The summed E-state index contributed by atoms with van der Waals surface area (Å²) in [5.74, 6) is 1.66. The van der Waals surface area contributed by atoms with Crippen molar-refractivity contribution in [3.8, 4) is 22.4 Å². The zero-order valence-electron chi connectivity index (χ0n) is 15.4. The first-order chi connectivity index (χ1) is 13.4. The molecule has 0 radical (unpaired) electrons. The molecular formula is C18H17F3N4O2S2. The average molecular weight is 442 g/mol. The molecule has 0 saturated heterocycles. The zero-order chi connectivity index (χ0) is 21.6. The van der Waals surface area contributed by atoms with Crippen LogP contribution in [0.25, 0.3) is 10.4 Å². The number of alkyl halides is 3. The van der Waals surface area contributed by atoms with E-state index >= 15 is 0 Å². The summed E-state index contributed by atoms with van der Waals surface area (Å²) >= 11 is 0.831. The topological polar surface area (TPSA) is 102 Å². The van der Waals surface area contributed by atoms with Gasteiger partial charge in [0.1, 0.15) is 5.54 Å². The van der Waals surface area contributed by atoms with Crippen LogP contribution < -0.4 is 11.5 Å². The average Bonchev–Trinajstić information content (AvgIpc) is 3.07. The second kappa shape index (κ2) is 6.96. The molecule has 0 spiro atoms. The third-order valence-electron chi connectivity index (χ3n) is 4.45. The van der Waals surface area contributed by atoms with Crippen LogP contribution in [0.1, 0.15) is 22.9 Å². The molecule has 1 aromatic heterocycles. The van der Waals surface area contributed by atoms with Crippen molar-refractivity contribution < 1.29 is 21.6 Å². The van der Waals surface area contributed by atoms with Crippen LogP contribution in [-0.2, 0) is 21.7 Å². The number of halogens is 3. The van der Waals surface area contributed by atoms with E-state index in [2.05, 4.69) is 17.0 Å². The van der Waals surface area contributed by atoms with Crippen molar-refractivity contribution in [3.05, 3.63) is 46.3 Å². The Hall–Kier alpha value is -2.71. The van der Waals surface area contributed by atoms with Gasteiger partial charge in [-0.05, 0) is 36.6 Å². The summed E-state index contributed by atoms with van der Waals surface area (Å²) in [5, 5.41) is 0. The van der Waals surface area contributed by atoms with Gasteiger partial charge in [0.2, 0.25) is 16.0 Å². The molecule has 1 aliphatic rings. The molecule has 3 rings (SSSR count). The normalized spacial score (nSPS) is 21.3. The summed E-state index contributed by atoms with van der Waals surface area (Å²) in [7, 11) is -2.70. The maximum Gasteiger partial charge on any atom is 0.417 e. The van der Waals surface area contributed by atoms with Crippen LogP contribution in [0.2, 0.25) is 0 Å². The third kappa shape index (κ3) is 3.90. The summed E-state index contributed by atoms with van der Waals surface area (Å²) in [6.45, 7) is 1.34. The van der Waals surface area contributed by atoms with Gasteiger partial charge < -0.3 is 11.5 Å². The van der Waals surface area contributed by atoms with Crippen LogP contribution in [0.3, 0.4) is 0 Å². The van der Waals surface area contributed by atoms with E-state index in [1.807, 2.05) is 0 Å². The number of aliphatic imine (C=N–C) groups is 1. The first-order valence-corrected chi connectivity index (χ1v) is 10.7. The van der Waals surface area contributed by atoms with E-state index in [9.17, 15) is 21.6 Å². The minimum Gasteiger partial charge on any atom is -0.369 e. The van der Waals surface area contributed by atoms with E-state index in [-0.39, 0.29) is 10.8 Å². The van der Waals surface area contributed by atoms with Crippen molar-refractivity contribution in [3.63, 3.8) is 0 Å². The van der Waals surface area contributed by atoms with Crippen molar-refractivity contribution in [1.29, 1.82) is 0 Å².